The number of aromatic nitrogens is 1. The molecule has 0 aromatic carbocycles. The summed E-state index contributed by atoms with van der Waals surface area (Å²) >= 11 is 0. The summed E-state index contributed by atoms with van der Waals surface area (Å²) in [7, 11) is 0. The second-order valence-corrected chi connectivity index (χ2v) is 2.69. The van der Waals surface area contributed by atoms with Crippen LogP contribution in [0.2, 0.25) is 0 Å². The number of carbonyl (C=O) groups excluding carboxylic acids is 1. The van der Waals surface area contributed by atoms with Crippen molar-refractivity contribution in [1.29, 1.82) is 0 Å². The smallest absolute Gasteiger partial charge is 0.254 e. The number of hydrogen-bond donors (Lipinski definition) is 1. The van der Waals surface area contributed by atoms with E-state index in [-0.39, 0.29) is 5.56 Å². The fraction of sp³-hybridized carbons (Fsp3) is 0.200. The van der Waals surface area contributed by atoms with Crippen LogP contribution in [0.4, 0.5) is 4.39 Å². The average Bonchev–Trinajstić information content (AvgIpc) is 2.18. The molecule has 0 saturated carbocycles. The third-order valence-corrected chi connectivity index (χ3v) is 1.65. The summed E-state index contributed by atoms with van der Waals surface area (Å²) in [5, 5.41) is 2.56. The third kappa shape index (κ3) is 2.65. The monoisotopic (exact) mass is 194 g/mol. The number of hydrogen-bond acceptors (Lipinski definition) is 2. The summed E-state index contributed by atoms with van der Waals surface area (Å²) in [6, 6.07) is 1.35. The van der Waals surface area contributed by atoms with E-state index in [9.17, 15) is 9.18 Å². The standard InChI is InChI=1S/C10H11FN2O/c1-2-3-5-13-10(14)8-4-6-12-7-9(8)11/h2,4,6-7H,1,3,5H2,(H,13,14). The topological polar surface area (TPSA) is 42.0 Å². The molecule has 1 heterocycles. The predicted molar refractivity (Wildman–Crippen MR) is 51.3 cm³/mol. The fourth-order valence-electron chi connectivity index (χ4n) is 0.942. The van der Waals surface area contributed by atoms with Gasteiger partial charge in [0.2, 0.25) is 0 Å². The summed E-state index contributed by atoms with van der Waals surface area (Å²) in [5.74, 6) is -1.03. The first kappa shape index (κ1) is 10.4. The third-order valence-electron chi connectivity index (χ3n) is 1.65. The minimum absolute atomic E-state index is 0.0177. The molecule has 0 radical (unpaired) electrons. The number of halogens is 1. The molecule has 1 aromatic heterocycles. The molecule has 1 amide bonds. The molecular weight excluding hydrogens is 183 g/mol. The molecule has 0 aliphatic heterocycles. The van der Waals surface area contributed by atoms with Crippen molar-refractivity contribution < 1.29 is 9.18 Å². The lowest BCUT2D eigenvalue weighted by Gasteiger charge is -2.03. The molecule has 0 spiro atoms. The van der Waals surface area contributed by atoms with Gasteiger partial charge in [-0.15, -0.1) is 6.58 Å². The first-order valence-corrected chi connectivity index (χ1v) is 4.24. The van der Waals surface area contributed by atoms with E-state index in [1.807, 2.05) is 0 Å². The van der Waals surface area contributed by atoms with Gasteiger partial charge in [-0.3, -0.25) is 9.78 Å². The first-order valence-electron chi connectivity index (χ1n) is 4.24. The Kier molecular flexibility index (Phi) is 3.79. The maximum absolute atomic E-state index is 13.0. The van der Waals surface area contributed by atoms with Crippen LogP contribution in [0.15, 0.2) is 31.1 Å². The van der Waals surface area contributed by atoms with Crippen molar-refractivity contribution in [3.8, 4) is 0 Å². The van der Waals surface area contributed by atoms with Crippen LogP contribution >= 0.6 is 0 Å². The van der Waals surface area contributed by atoms with Crippen molar-refractivity contribution in [1.82, 2.24) is 10.3 Å². The summed E-state index contributed by atoms with van der Waals surface area (Å²) in [5.41, 5.74) is 0.0177. The lowest BCUT2D eigenvalue weighted by molar-refractivity contribution is 0.0950. The van der Waals surface area contributed by atoms with Gasteiger partial charge in [-0.05, 0) is 12.5 Å². The summed E-state index contributed by atoms with van der Waals surface area (Å²) < 4.78 is 13.0. The van der Waals surface area contributed by atoms with E-state index in [1.54, 1.807) is 6.08 Å². The van der Waals surface area contributed by atoms with Crippen LogP contribution in [0.1, 0.15) is 16.8 Å². The lowest BCUT2D eigenvalue weighted by atomic mass is 10.2. The molecule has 1 N–H and O–H groups in total. The van der Waals surface area contributed by atoms with Crippen LogP contribution < -0.4 is 5.32 Å². The predicted octanol–water partition coefficient (Wildman–Crippen LogP) is 1.53. The molecule has 0 aliphatic rings. The van der Waals surface area contributed by atoms with E-state index in [2.05, 4.69) is 16.9 Å². The van der Waals surface area contributed by atoms with Gasteiger partial charge in [0.1, 0.15) is 0 Å². The van der Waals surface area contributed by atoms with Crippen LogP contribution in [0, 0.1) is 5.82 Å². The number of carbonyl (C=O) groups is 1. The maximum atomic E-state index is 13.0. The van der Waals surface area contributed by atoms with Gasteiger partial charge in [0.25, 0.3) is 5.91 Å². The Morgan fingerprint density at radius 2 is 2.50 bits per heavy atom. The molecule has 1 aromatic rings. The summed E-state index contributed by atoms with van der Waals surface area (Å²) in [4.78, 5) is 14.9. The van der Waals surface area contributed by atoms with Gasteiger partial charge >= 0.3 is 0 Å². The Morgan fingerprint density at radius 3 is 3.14 bits per heavy atom. The second kappa shape index (κ2) is 5.11. The van der Waals surface area contributed by atoms with E-state index < -0.39 is 11.7 Å². The van der Waals surface area contributed by atoms with Crippen LogP contribution in [0.25, 0.3) is 0 Å². The zero-order chi connectivity index (χ0) is 10.4. The highest BCUT2D eigenvalue weighted by Gasteiger charge is 2.09. The molecule has 3 nitrogen and oxygen atoms in total. The van der Waals surface area contributed by atoms with E-state index in [0.717, 1.165) is 6.20 Å². The Labute approximate surface area is 81.7 Å². The quantitative estimate of drug-likeness (QED) is 0.583. The molecule has 0 aliphatic carbocycles. The van der Waals surface area contributed by atoms with E-state index in [1.165, 1.54) is 12.3 Å². The van der Waals surface area contributed by atoms with Gasteiger partial charge in [-0.25, -0.2) is 4.39 Å². The highest BCUT2D eigenvalue weighted by atomic mass is 19.1. The number of nitrogens with zero attached hydrogens (tertiary/aromatic N) is 1. The van der Waals surface area contributed by atoms with E-state index in [0.29, 0.717) is 13.0 Å². The largest absolute Gasteiger partial charge is 0.352 e. The highest BCUT2D eigenvalue weighted by molar-refractivity contribution is 5.94. The Hall–Kier alpha value is -1.71. The Morgan fingerprint density at radius 1 is 1.71 bits per heavy atom. The summed E-state index contributed by atoms with van der Waals surface area (Å²) in [6.45, 7) is 3.97. The molecule has 14 heavy (non-hydrogen) atoms. The molecule has 4 heteroatoms. The Balaban J connectivity index is 2.60. The first-order chi connectivity index (χ1) is 6.75. The van der Waals surface area contributed by atoms with E-state index >= 15 is 0 Å². The van der Waals surface area contributed by atoms with Crippen molar-refractivity contribution in [2.24, 2.45) is 0 Å². The zero-order valence-corrected chi connectivity index (χ0v) is 7.66. The molecule has 0 bridgehead atoms. The zero-order valence-electron chi connectivity index (χ0n) is 7.66. The van der Waals surface area contributed by atoms with Crippen molar-refractivity contribution in [3.05, 3.63) is 42.5 Å². The second-order valence-electron chi connectivity index (χ2n) is 2.69. The van der Waals surface area contributed by atoms with Crippen LogP contribution in [-0.2, 0) is 0 Å². The number of nitrogens with one attached hydrogen (secondary N) is 1. The van der Waals surface area contributed by atoms with Gasteiger partial charge in [-0.1, -0.05) is 6.08 Å². The van der Waals surface area contributed by atoms with Gasteiger partial charge in [0.05, 0.1) is 11.8 Å². The van der Waals surface area contributed by atoms with Crippen LogP contribution in [0.5, 0.6) is 0 Å². The van der Waals surface area contributed by atoms with Crippen molar-refractivity contribution in [2.45, 2.75) is 6.42 Å². The molecular formula is C10H11FN2O. The molecule has 1 rings (SSSR count). The average molecular weight is 194 g/mol. The minimum atomic E-state index is -0.608. The van der Waals surface area contributed by atoms with Gasteiger partial charge in [-0.2, -0.15) is 0 Å². The minimum Gasteiger partial charge on any atom is -0.352 e. The van der Waals surface area contributed by atoms with Crippen molar-refractivity contribution in [3.63, 3.8) is 0 Å². The number of rotatable bonds is 4. The number of pyridine rings is 1. The highest BCUT2D eigenvalue weighted by Crippen LogP contribution is 2.03. The van der Waals surface area contributed by atoms with Gasteiger partial charge < -0.3 is 5.32 Å². The lowest BCUT2D eigenvalue weighted by Crippen LogP contribution is -2.25. The van der Waals surface area contributed by atoms with Gasteiger partial charge in [0.15, 0.2) is 5.82 Å². The molecule has 0 fully saturated rings. The van der Waals surface area contributed by atoms with Crippen LogP contribution in [0.3, 0.4) is 0 Å². The number of amides is 1. The molecule has 0 unspecified atom stereocenters. The van der Waals surface area contributed by atoms with Gasteiger partial charge in [0, 0.05) is 12.7 Å². The fourth-order valence-corrected chi connectivity index (χ4v) is 0.942. The Bertz CT molecular complexity index is 339. The summed E-state index contributed by atoms with van der Waals surface area (Å²) in [6.07, 6.45) is 4.75. The normalized spacial score (nSPS) is 9.50. The molecule has 0 atom stereocenters. The SMILES string of the molecule is C=CCCNC(=O)c1ccncc1F. The molecule has 0 saturated heterocycles. The van der Waals surface area contributed by atoms with Crippen molar-refractivity contribution >= 4 is 5.91 Å². The van der Waals surface area contributed by atoms with E-state index in [4.69, 9.17) is 0 Å². The van der Waals surface area contributed by atoms with Crippen LogP contribution in [-0.4, -0.2) is 17.4 Å². The van der Waals surface area contributed by atoms with Crippen molar-refractivity contribution in [2.75, 3.05) is 6.54 Å². The molecule has 74 valence electrons. The maximum Gasteiger partial charge on any atom is 0.254 e.